The number of guanidine groups is 1. The first kappa shape index (κ1) is 24.4. The van der Waals surface area contributed by atoms with Crippen LogP contribution in [0.15, 0.2) is 4.99 Å². The number of aliphatic imine (C=N–C) groups is 1. The van der Waals surface area contributed by atoms with Crippen LogP contribution in [0, 0.1) is 5.92 Å². The molecule has 8 heteroatoms. The lowest BCUT2D eigenvalue weighted by Gasteiger charge is -2.33. The van der Waals surface area contributed by atoms with E-state index >= 15 is 0 Å². The molecule has 2 N–H and O–H groups in total. The lowest BCUT2D eigenvalue weighted by molar-refractivity contribution is -0.127. The van der Waals surface area contributed by atoms with Gasteiger partial charge in [-0.05, 0) is 25.7 Å². The van der Waals surface area contributed by atoms with Gasteiger partial charge in [-0.25, -0.2) is 0 Å². The van der Waals surface area contributed by atoms with Crippen molar-refractivity contribution in [2.24, 2.45) is 10.9 Å². The quantitative estimate of drug-likeness (QED) is 0.220. The fourth-order valence-corrected chi connectivity index (χ4v) is 3.53. The molecule has 2 rings (SSSR count). The molecule has 1 unspecified atom stereocenters. The summed E-state index contributed by atoms with van der Waals surface area (Å²) in [5.41, 5.74) is 0. The third-order valence-corrected chi connectivity index (χ3v) is 4.71. The summed E-state index contributed by atoms with van der Waals surface area (Å²) in [5, 5.41) is 6.67. The van der Waals surface area contributed by atoms with E-state index in [2.05, 4.69) is 36.3 Å². The highest BCUT2D eigenvalue weighted by Gasteiger charge is 2.21. The summed E-state index contributed by atoms with van der Waals surface area (Å²) in [6, 6.07) is 0. The molecule has 0 aromatic rings. The van der Waals surface area contributed by atoms with Gasteiger partial charge >= 0.3 is 0 Å². The number of nitrogens with one attached hydrogen (secondary N) is 2. The Kier molecular flexibility index (Phi) is 12.3. The molecular formula is C19H38IN5O2. The molecule has 0 aliphatic carbocycles. The predicted molar refractivity (Wildman–Crippen MR) is 121 cm³/mol. The largest absolute Gasteiger partial charge is 0.374 e. The van der Waals surface area contributed by atoms with Crippen LogP contribution in [0.2, 0.25) is 0 Å². The van der Waals surface area contributed by atoms with Gasteiger partial charge in [0.1, 0.15) is 0 Å². The number of halogens is 1. The Morgan fingerprint density at radius 1 is 1.33 bits per heavy atom. The van der Waals surface area contributed by atoms with Crippen molar-refractivity contribution in [2.45, 2.75) is 46.1 Å². The molecule has 0 radical (unpaired) electrons. The van der Waals surface area contributed by atoms with E-state index in [0.717, 1.165) is 71.2 Å². The number of morpholine rings is 1. The van der Waals surface area contributed by atoms with Crippen LogP contribution in [0.5, 0.6) is 0 Å². The number of carbonyl (C=O) groups excluding carboxylic acids is 1. The minimum atomic E-state index is 0. The molecule has 27 heavy (non-hydrogen) atoms. The van der Waals surface area contributed by atoms with Gasteiger partial charge in [-0.1, -0.05) is 13.8 Å². The average molecular weight is 495 g/mol. The summed E-state index contributed by atoms with van der Waals surface area (Å²) in [6.45, 7) is 14.6. The topological polar surface area (TPSA) is 69.2 Å². The second kappa shape index (κ2) is 13.5. The minimum Gasteiger partial charge on any atom is -0.374 e. The van der Waals surface area contributed by atoms with Crippen molar-refractivity contribution in [2.75, 3.05) is 59.0 Å². The fraction of sp³-hybridized carbons (Fsp3) is 0.895. The lowest BCUT2D eigenvalue weighted by Crippen LogP contribution is -2.46. The van der Waals surface area contributed by atoms with Gasteiger partial charge in [-0.3, -0.25) is 14.7 Å². The highest BCUT2D eigenvalue weighted by Crippen LogP contribution is 2.09. The summed E-state index contributed by atoms with van der Waals surface area (Å²) in [5.74, 6) is 1.81. The van der Waals surface area contributed by atoms with Crippen molar-refractivity contribution < 1.29 is 9.53 Å². The third-order valence-electron chi connectivity index (χ3n) is 4.71. The standard InChI is InChI=1S/C19H37N5O2.HI/c1-4-20-19(21-8-6-10-24-9-5-7-18(24)25)22-13-17-15-23(11-12-26-17)14-16(2)3;/h16-17H,4-15H2,1-3H3,(H2,20,21,22);1H. The zero-order valence-corrected chi connectivity index (χ0v) is 19.5. The predicted octanol–water partition coefficient (Wildman–Crippen LogP) is 1.53. The monoisotopic (exact) mass is 495 g/mol. The van der Waals surface area contributed by atoms with E-state index in [1.165, 1.54) is 0 Å². The van der Waals surface area contributed by atoms with Gasteiger partial charge in [0.05, 0.1) is 19.3 Å². The SMILES string of the molecule is CCNC(=NCC1CN(CC(C)C)CCO1)NCCCN1CCCC1=O.I. The Labute approximate surface area is 181 Å². The highest BCUT2D eigenvalue weighted by atomic mass is 127. The van der Waals surface area contributed by atoms with Crippen LogP contribution < -0.4 is 10.6 Å². The van der Waals surface area contributed by atoms with Crippen molar-refractivity contribution in [1.82, 2.24) is 20.4 Å². The molecule has 0 saturated carbocycles. The molecule has 158 valence electrons. The Morgan fingerprint density at radius 2 is 2.15 bits per heavy atom. The number of amides is 1. The lowest BCUT2D eigenvalue weighted by atomic mass is 10.2. The zero-order valence-electron chi connectivity index (χ0n) is 17.2. The number of likely N-dealkylation sites (tertiary alicyclic amines) is 1. The van der Waals surface area contributed by atoms with Gasteiger partial charge < -0.3 is 20.3 Å². The first-order chi connectivity index (χ1) is 12.6. The molecule has 0 spiro atoms. The smallest absolute Gasteiger partial charge is 0.222 e. The normalized spacial score (nSPS) is 21.5. The Morgan fingerprint density at radius 3 is 2.81 bits per heavy atom. The van der Waals surface area contributed by atoms with E-state index in [1.807, 2.05) is 4.90 Å². The molecule has 0 aromatic carbocycles. The second-order valence-corrected chi connectivity index (χ2v) is 7.63. The molecule has 7 nitrogen and oxygen atoms in total. The Bertz CT molecular complexity index is 461. The van der Waals surface area contributed by atoms with Crippen LogP contribution in [0.25, 0.3) is 0 Å². The Balaban J connectivity index is 0.00000364. The number of hydrogen-bond donors (Lipinski definition) is 2. The molecular weight excluding hydrogens is 457 g/mol. The molecule has 0 aromatic heterocycles. The van der Waals surface area contributed by atoms with E-state index < -0.39 is 0 Å². The maximum absolute atomic E-state index is 11.6. The van der Waals surface area contributed by atoms with E-state index in [9.17, 15) is 4.79 Å². The molecule has 0 bridgehead atoms. The molecule has 1 atom stereocenters. The third kappa shape index (κ3) is 9.43. The minimum absolute atomic E-state index is 0. The first-order valence-corrected chi connectivity index (χ1v) is 10.2. The van der Waals surface area contributed by atoms with Crippen molar-refractivity contribution >= 4 is 35.8 Å². The molecule has 2 heterocycles. The van der Waals surface area contributed by atoms with Gasteiger partial charge in [0.15, 0.2) is 5.96 Å². The summed E-state index contributed by atoms with van der Waals surface area (Å²) in [4.78, 5) is 20.8. The van der Waals surface area contributed by atoms with Crippen molar-refractivity contribution in [1.29, 1.82) is 0 Å². The van der Waals surface area contributed by atoms with Crippen LogP contribution in [-0.2, 0) is 9.53 Å². The van der Waals surface area contributed by atoms with Gasteiger partial charge in [0.25, 0.3) is 0 Å². The molecule has 2 aliphatic rings. The van der Waals surface area contributed by atoms with Crippen LogP contribution in [0.3, 0.4) is 0 Å². The van der Waals surface area contributed by atoms with Crippen molar-refractivity contribution in [3.05, 3.63) is 0 Å². The first-order valence-electron chi connectivity index (χ1n) is 10.2. The molecule has 1 amide bonds. The van der Waals surface area contributed by atoms with Crippen molar-refractivity contribution in [3.8, 4) is 0 Å². The number of rotatable bonds is 9. The zero-order chi connectivity index (χ0) is 18.8. The number of hydrogen-bond acceptors (Lipinski definition) is 4. The summed E-state index contributed by atoms with van der Waals surface area (Å²) in [7, 11) is 0. The Hall–Kier alpha value is -0.610. The summed E-state index contributed by atoms with van der Waals surface area (Å²) < 4.78 is 5.87. The molecule has 2 fully saturated rings. The van der Waals surface area contributed by atoms with Crippen molar-refractivity contribution in [3.63, 3.8) is 0 Å². The number of carbonyl (C=O) groups is 1. The van der Waals surface area contributed by atoms with E-state index in [1.54, 1.807) is 0 Å². The van der Waals surface area contributed by atoms with E-state index in [0.29, 0.717) is 24.8 Å². The number of nitrogens with zero attached hydrogens (tertiary/aromatic N) is 3. The number of ether oxygens (including phenoxy) is 1. The van der Waals surface area contributed by atoms with E-state index in [4.69, 9.17) is 9.73 Å². The molecule has 2 aliphatic heterocycles. The van der Waals surface area contributed by atoms with E-state index in [-0.39, 0.29) is 30.1 Å². The van der Waals surface area contributed by atoms with Gasteiger partial charge in [-0.2, -0.15) is 0 Å². The molecule has 2 saturated heterocycles. The maximum atomic E-state index is 11.6. The van der Waals surface area contributed by atoms with Gasteiger partial charge in [-0.15, -0.1) is 24.0 Å². The second-order valence-electron chi connectivity index (χ2n) is 7.63. The maximum Gasteiger partial charge on any atom is 0.222 e. The van der Waals surface area contributed by atoms with Crippen LogP contribution in [0.1, 0.15) is 40.0 Å². The van der Waals surface area contributed by atoms with Crippen LogP contribution in [0.4, 0.5) is 0 Å². The van der Waals surface area contributed by atoms with Crippen LogP contribution in [-0.4, -0.2) is 86.7 Å². The van der Waals surface area contributed by atoms with Gasteiger partial charge in [0, 0.05) is 52.2 Å². The summed E-state index contributed by atoms with van der Waals surface area (Å²) >= 11 is 0. The average Bonchev–Trinajstić information content (AvgIpc) is 3.01. The van der Waals surface area contributed by atoms with Crippen LogP contribution >= 0.6 is 24.0 Å². The fourth-order valence-electron chi connectivity index (χ4n) is 3.53. The van der Waals surface area contributed by atoms with Gasteiger partial charge in [0.2, 0.25) is 5.91 Å². The summed E-state index contributed by atoms with van der Waals surface area (Å²) in [6.07, 6.45) is 2.83. The highest BCUT2D eigenvalue weighted by molar-refractivity contribution is 14.0.